The van der Waals surface area contributed by atoms with E-state index in [4.69, 9.17) is 9.47 Å². The molecule has 3 nitrogen and oxygen atoms in total. The van der Waals surface area contributed by atoms with Gasteiger partial charge in [0.2, 0.25) is 0 Å². The van der Waals surface area contributed by atoms with Crippen molar-refractivity contribution >= 4 is 5.97 Å². The minimum atomic E-state index is -0.167. The number of hydrogen-bond acceptors (Lipinski definition) is 3. The zero-order valence-corrected chi connectivity index (χ0v) is 10.9. The molecule has 0 heterocycles. The van der Waals surface area contributed by atoms with E-state index in [2.05, 4.69) is 6.92 Å². The second-order valence-corrected chi connectivity index (χ2v) is 4.10. The highest BCUT2D eigenvalue weighted by Gasteiger charge is 2.24. The van der Waals surface area contributed by atoms with E-state index >= 15 is 0 Å². The number of rotatable bonds is 5. The molecule has 1 aromatic rings. The van der Waals surface area contributed by atoms with Crippen LogP contribution in [-0.4, -0.2) is 20.2 Å². The van der Waals surface area contributed by atoms with Gasteiger partial charge in [0, 0.05) is 0 Å². The molecular formula is C14H20O3. The van der Waals surface area contributed by atoms with Crippen LogP contribution >= 0.6 is 0 Å². The summed E-state index contributed by atoms with van der Waals surface area (Å²) in [6.45, 7) is 3.98. The summed E-state index contributed by atoms with van der Waals surface area (Å²) >= 11 is 0. The van der Waals surface area contributed by atoms with Crippen molar-refractivity contribution in [2.45, 2.75) is 26.2 Å². The first-order valence-electron chi connectivity index (χ1n) is 5.85. The van der Waals surface area contributed by atoms with Crippen LogP contribution in [0.15, 0.2) is 24.3 Å². The van der Waals surface area contributed by atoms with Crippen molar-refractivity contribution in [3.63, 3.8) is 0 Å². The van der Waals surface area contributed by atoms with Crippen molar-refractivity contribution < 1.29 is 14.3 Å². The van der Waals surface area contributed by atoms with Crippen LogP contribution in [0.4, 0.5) is 0 Å². The Morgan fingerprint density at radius 3 is 2.59 bits per heavy atom. The van der Waals surface area contributed by atoms with E-state index in [1.165, 1.54) is 7.11 Å². The zero-order chi connectivity index (χ0) is 12.8. The van der Waals surface area contributed by atoms with Gasteiger partial charge in [-0.2, -0.15) is 0 Å². The summed E-state index contributed by atoms with van der Waals surface area (Å²) in [5.74, 6) is 0.673. The van der Waals surface area contributed by atoms with Gasteiger partial charge >= 0.3 is 5.97 Å². The maximum Gasteiger partial charge on any atom is 0.308 e. The number of carbonyl (C=O) groups excluding carboxylic acids is 1. The predicted octanol–water partition coefficient (Wildman–Crippen LogP) is 3.00. The fraction of sp³-hybridized carbons (Fsp3) is 0.500. The Morgan fingerprint density at radius 1 is 1.35 bits per heavy atom. The summed E-state index contributed by atoms with van der Waals surface area (Å²) in [5, 5.41) is 0. The minimum Gasteiger partial charge on any atom is -0.497 e. The molecule has 2 atom stereocenters. The summed E-state index contributed by atoms with van der Waals surface area (Å²) in [7, 11) is 3.07. The zero-order valence-electron chi connectivity index (χ0n) is 10.9. The van der Waals surface area contributed by atoms with Gasteiger partial charge in [0.05, 0.1) is 20.1 Å². The number of ether oxygens (including phenoxy) is 2. The molecule has 1 aromatic carbocycles. The third-order valence-electron chi connectivity index (χ3n) is 3.14. The summed E-state index contributed by atoms with van der Waals surface area (Å²) in [5.41, 5.74) is 1.12. The van der Waals surface area contributed by atoms with Crippen LogP contribution in [-0.2, 0) is 9.53 Å². The molecular weight excluding hydrogens is 216 g/mol. The first-order valence-corrected chi connectivity index (χ1v) is 5.85. The number of methoxy groups -OCH3 is 2. The quantitative estimate of drug-likeness (QED) is 0.737. The lowest BCUT2D eigenvalue weighted by Crippen LogP contribution is -2.20. The second-order valence-electron chi connectivity index (χ2n) is 4.10. The van der Waals surface area contributed by atoms with Crippen LogP contribution < -0.4 is 4.74 Å². The molecule has 94 valence electrons. The number of hydrogen-bond donors (Lipinski definition) is 0. The van der Waals surface area contributed by atoms with Crippen LogP contribution in [0.2, 0.25) is 0 Å². The summed E-state index contributed by atoms with van der Waals surface area (Å²) in [6.07, 6.45) is 0.892. The predicted molar refractivity (Wildman–Crippen MR) is 67.2 cm³/mol. The molecule has 0 radical (unpaired) electrons. The van der Waals surface area contributed by atoms with E-state index in [0.29, 0.717) is 0 Å². The molecule has 0 N–H and O–H groups in total. The Balaban J connectivity index is 2.96. The van der Waals surface area contributed by atoms with Crippen molar-refractivity contribution in [1.82, 2.24) is 0 Å². The van der Waals surface area contributed by atoms with Crippen LogP contribution in [0.5, 0.6) is 5.75 Å². The Labute approximate surface area is 103 Å². The van der Waals surface area contributed by atoms with E-state index in [-0.39, 0.29) is 17.8 Å². The second kappa shape index (κ2) is 6.28. The van der Waals surface area contributed by atoms with Crippen LogP contribution in [0, 0.1) is 5.92 Å². The summed E-state index contributed by atoms with van der Waals surface area (Å²) < 4.78 is 10.0. The molecule has 0 aromatic heterocycles. The van der Waals surface area contributed by atoms with Gasteiger partial charge in [-0.05, 0) is 30.0 Å². The molecule has 0 spiro atoms. The lowest BCUT2D eigenvalue weighted by Gasteiger charge is -2.21. The average molecular weight is 236 g/mol. The Morgan fingerprint density at radius 2 is 2.06 bits per heavy atom. The molecule has 17 heavy (non-hydrogen) atoms. The van der Waals surface area contributed by atoms with Gasteiger partial charge < -0.3 is 9.47 Å². The third-order valence-corrected chi connectivity index (χ3v) is 3.14. The van der Waals surface area contributed by atoms with E-state index in [1.54, 1.807) is 7.11 Å². The maximum absolute atomic E-state index is 11.6. The Bertz CT molecular complexity index is 373. The van der Waals surface area contributed by atoms with E-state index in [1.807, 2.05) is 31.2 Å². The van der Waals surface area contributed by atoms with Gasteiger partial charge in [-0.25, -0.2) is 0 Å². The third kappa shape index (κ3) is 3.22. The summed E-state index contributed by atoms with van der Waals surface area (Å²) in [4.78, 5) is 11.6. The molecule has 0 saturated heterocycles. The van der Waals surface area contributed by atoms with Crippen molar-refractivity contribution in [3.8, 4) is 5.75 Å². The molecule has 1 unspecified atom stereocenters. The SMILES string of the molecule is CCC(c1cccc(OC)c1)[C@@H](C)C(=O)OC. The largest absolute Gasteiger partial charge is 0.497 e. The highest BCUT2D eigenvalue weighted by Crippen LogP contribution is 2.30. The van der Waals surface area contributed by atoms with Crippen LogP contribution in [0.25, 0.3) is 0 Å². The van der Waals surface area contributed by atoms with Gasteiger partial charge in [-0.3, -0.25) is 4.79 Å². The van der Waals surface area contributed by atoms with E-state index < -0.39 is 0 Å². The molecule has 3 heteroatoms. The van der Waals surface area contributed by atoms with Gasteiger partial charge in [-0.1, -0.05) is 26.0 Å². The molecule has 0 saturated carbocycles. The molecule has 0 aliphatic heterocycles. The number of esters is 1. The molecule has 0 bridgehead atoms. The maximum atomic E-state index is 11.6. The van der Waals surface area contributed by atoms with Crippen molar-refractivity contribution in [1.29, 1.82) is 0 Å². The standard InChI is InChI=1S/C14H20O3/c1-5-13(10(2)14(15)17-4)11-7-6-8-12(9-11)16-3/h6-10,13H,5H2,1-4H3/t10-,13?/m1/s1. The lowest BCUT2D eigenvalue weighted by molar-refractivity contribution is -0.145. The highest BCUT2D eigenvalue weighted by molar-refractivity contribution is 5.73. The highest BCUT2D eigenvalue weighted by atomic mass is 16.5. The van der Waals surface area contributed by atoms with Crippen molar-refractivity contribution in [2.24, 2.45) is 5.92 Å². The van der Waals surface area contributed by atoms with Crippen LogP contribution in [0.3, 0.4) is 0 Å². The van der Waals surface area contributed by atoms with Crippen molar-refractivity contribution in [3.05, 3.63) is 29.8 Å². The fourth-order valence-electron chi connectivity index (χ4n) is 2.10. The molecule has 0 fully saturated rings. The number of benzene rings is 1. The molecule has 0 aliphatic carbocycles. The van der Waals surface area contributed by atoms with E-state index in [0.717, 1.165) is 17.7 Å². The Hall–Kier alpha value is -1.51. The first kappa shape index (κ1) is 13.6. The molecule has 0 aliphatic rings. The summed E-state index contributed by atoms with van der Waals surface area (Å²) in [6, 6.07) is 7.85. The van der Waals surface area contributed by atoms with E-state index in [9.17, 15) is 4.79 Å². The lowest BCUT2D eigenvalue weighted by atomic mass is 9.85. The minimum absolute atomic E-state index is 0.142. The van der Waals surface area contributed by atoms with Gasteiger partial charge in [0.15, 0.2) is 0 Å². The van der Waals surface area contributed by atoms with Crippen LogP contribution in [0.1, 0.15) is 31.7 Å². The van der Waals surface area contributed by atoms with Gasteiger partial charge in [0.25, 0.3) is 0 Å². The average Bonchev–Trinajstić information content (AvgIpc) is 2.38. The normalized spacial score (nSPS) is 13.9. The molecule has 1 rings (SSSR count). The first-order chi connectivity index (χ1) is 8.13. The molecule has 0 amide bonds. The number of carbonyl (C=O) groups is 1. The van der Waals surface area contributed by atoms with Crippen molar-refractivity contribution in [2.75, 3.05) is 14.2 Å². The Kier molecular flexibility index (Phi) is 5.01. The monoisotopic (exact) mass is 236 g/mol. The topological polar surface area (TPSA) is 35.5 Å². The van der Waals surface area contributed by atoms with Gasteiger partial charge in [0.1, 0.15) is 5.75 Å². The smallest absolute Gasteiger partial charge is 0.308 e. The van der Waals surface area contributed by atoms with Gasteiger partial charge in [-0.15, -0.1) is 0 Å². The fourth-order valence-corrected chi connectivity index (χ4v) is 2.10.